The molecule has 0 saturated carbocycles. The Labute approximate surface area is 115 Å². The molecule has 1 aromatic carbocycles. The van der Waals surface area contributed by atoms with Crippen LogP contribution in [0.3, 0.4) is 0 Å². The van der Waals surface area contributed by atoms with Gasteiger partial charge in [0.15, 0.2) is 5.11 Å². The number of thiocarbonyl (C=S) groups is 1. The van der Waals surface area contributed by atoms with E-state index in [1.54, 1.807) is 12.1 Å². The minimum Gasteiger partial charge on any atom is -0.360 e. The summed E-state index contributed by atoms with van der Waals surface area (Å²) in [5.41, 5.74) is 0.386. The maximum atomic E-state index is 13.5. The molecule has 0 unspecified atom stereocenters. The Hall–Kier alpha value is -0.680. The Morgan fingerprint density at radius 2 is 2.06 bits per heavy atom. The van der Waals surface area contributed by atoms with Gasteiger partial charge in [-0.1, -0.05) is 29.8 Å². The molecule has 0 saturated heterocycles. The molecule has 2 nitrogen and oxygen atoms in total. The van der Waals surface area contributed by atoms with Crippen LogP contribution in [-0.4, -0.2) is 11.2 Å². The van der Waals surface area contributed by atoms with Crippen molar-refractivity contribution in [2.75, 3.05) is 5.32 Å². The van der Waals surface area contributed by atoms with Gasteiger partial charge in [0.05, 0.1) is 5.69 Å². The van der Waals surface area contributed by atoms with E-state index in [9.17, 15) is 4.39 Å². The standard InChI is InChI=1S/C12H16BrFN2S/c1-3-9(4-2)15-12(17)16-11-6-5-8(13)7-10(11)14/h5-7,9H,3-4H2,1-2H3,(H2,15,16,17). The lowest BCUT2D eigenvalue weighted by Crippen LogP contribution is -2.37. The zero-order valence-electron chi connectivity index (χ0n) is 9.89. The van der Waals surface area contributed by atoms with Crippen LogP contribution in [0.5, 0.6) is 0 Å². The maximum Gasteiger partial charge on any atom is 0.171 e. The van der Waals surface area contributed by atoms with Crippen molar-refractivity contribution in [3.8, 4) is 0 Å². The third-order valence-electron chi connectivity index (χ3n) is 2.50. The van der Waals surface area contributed by atoms with Crippen LogP contribution in [0.2, 0.25) is 0 Å². The Bertz CT molecular complexity index is 394. The molecule has 0 atom stereocenters. The molecule has 5 heteroatoms. The number of halogens is 2. The second kappa shape index (κ2) is 6.91. The molecule has 0 aliphatic heterocycles. The molecule has 0 radical (unpaired) electrons. The summed E-state index contributed by atoms with van der Waals surface area (Å²) in [6.45, 7) is 4.17. The van der Waals surface area contributed by atoms with E-state index in [1.165, 1.54) is 6.07 Å². The summed E-state index contributed by atoms with van der Waals surface area (Å²) in [5.74, 6) is -0.326. The minimum absolute atomic E-state index is 0.326. The Morgan fingerprint density at radius 3 is 2.59 bits per heavy atom. The first-order chi connectivity index (χ1) is 8.06. The molecule has 0 fully saturated rings. The normalized spacial score (nSPS) is 10.4. The molecule has 1 aromatic rings. The number of rotatable bonds is 4. The van der Waals surface area contributed by atoms with Crippen LogP contribution >= 0.6 is 28.1 Å². The van der Waals surface area contributed by atoms with Gasteiger partial charge in [0.2, 0.25) is 0 Å². The van der Waals surface area contributed by atoms with E-state index in [-0.39, 0.29) is 5.82 Å². The molecule has 2 N–H and O–H groups in total. The van der Waals surface area contributed by atoms with Crippen LogP contribution in [0, 0.1) is 5.82 Å². The summed E-state index contributed by atoms with van der Waals surface area (Å²) >= 11 is 8.35. The van der Waals surface area contributed by atoms with Crippen LogP contribution in [0.15, 0.2) is 22.7 Å². The molecule has 94 valence electrons. The van der Waals surface area contributed by atoms with E-state index in [2.05, 4.69) is 40.4 Å². The summed E-state index contributed by atoms with van der Waals surface area (Å²) in [7, 11) is 0. The fourth-order valence-corrected chi connectivity index (χ4v) is 2.04. The molecule has 0 aliphatic rings. The average Bonchev–Trinajstić information content (AvgIpc) is 2.29. The summed E-state index contributed by atoms with van der Waals surface area (Å²) in [5, 5.41) is 6.47. The first-order valence-corrected chi connectivity index (χ1v) is 6.79. The second-order valence-electron chi connectivity index (χ2n) is 3.74. The van der Waals surface area contributed by atoms with Gasteiger partial charge in [-0.25, -0.2) is 4.39 Å². The highest BCUT2D eigenvalue weighted by Gasteiger charge is 2.07. The first-order valence-electron chi connectivity index (χ1n) is 5.59. The summed E-state index contributed by atoms with van der Waals surface area (Å²) in [4.78, 5) is 0. The predicted molar refractivity (Wildman–Crippen MR) is 77.8 cm³/mol. The number of hydrogen-bond donors (Lipinski definition) is 2. The zero-order chi connectivity index (χ0) is 12.8. The Kier molecular flexibility index (Phi) is 5.85. The molecule has 0 aromatic heterocycles. The van der Waals surface area contributed by atoms with E-state index < -0.39 is 0 Å². The fourth-order valence-electron chi connectivity index (χ4n) is 1.43. The van der Waals surface area contributed by atoms with Crippen molar-refractivity contribution in [1.29, 1.82) is 0 Å². The first kappa shape index (κ1) is 14.4. The maximum absolute atomic E-state index is 13.5. The van der Waals surface area contributed by atoms with E-state index in [0.717, 1.165) is 12.8 Å². The highest BCUT2D eigenvalue weighted by Crippen LogP contribution is 2.19. The van der Waals surface area contributed by atoms with Crippen molar-refractivity contribution in [3.05, 3.63) is 28.5 Å². The van der Waals surface area contributed by atoms with E-state index in [0.29, 0.717) is 21.3 Å². The molecule has 17 heavy (non-hydrogen) atoms. The van der Waals surface area contributed by atoms with E-state index in [1.807, 2.05) is 0 Å². The lowest BCUT2D eigenvalue weighted by atomic mass is 10.2. The predicted octanol–water partition coefficient (Wildman–Crippen LogP) is 4.06. The molecule has 0 aliphatic carbocycles. The lowest BCUT2D eigenvalue weighted by Gasteiger charge is -2.18. The van der Waals surface area contributed by atoms with Gasteiger partial charge < -0.3 is 10.6 Å². The lowest BCUT2D eigenvalue weighted by molar-refractivity contribution is 0.572. The second-order valence-corrected chi connectivity index (χ2v) is 5.06. The molecular weight excluding hydrogens is 303 g/mol. The largest absolute Gasteiger partial charge is 0.360 e. The molecule has 0 bridgehead atoms. The summed E-state index contributed by atoms with van der Waals surface area (Å²) in [6, 6.07) is 5.15. The van der Waals surface area contributed by atoms with Gasteiger partial charge in [-0.05, 0) is 43.3 Å². The molecule has 0 amide bonds. The smallest absolute Gasteiger partial charge is 0.171 e. The van der Waals surface area contributed by atoms with Crippen LogP contribution in [-0.2, 0) is 0 Å². The van der Waals surface area contributed by atoms with Crippen molar-refractivity contribution in [2.45, 2.75) is 32.7 Å². The van der Waals surface area contributed by atoms with Gasteiger partial charge in [0.1, 0.15) is 5.82 Å². The van der Waals surface area contributed by atoms with Gasteiger partial charge in [-0.15, -0.1) is 0 Å². The van der Waals surface area contributed by atoms with Gasteiger partial charge >= 0.3 is 0 Å². The van der Waals surface area contributed by atoms with Crippen LogP contribution in [0.25, 0.3) is 0 Å². The highest BCUT2D eigenvalue weighted by atomic mass is 79.9. The van der Waals surface area contributed by atoms with Crippen LogP contribution in [0.4, 0.5) is 10.1 Å². The molecule has 0 heterocycles. The highest BCUT2D eigenvalue weighted by molar-refractivity contribution is 9.10. The summed E-state index contributed by atoms with van der Waals surface area (Å²) in [6.07, 6.45) is 1.97. The van der Waals surface area contributed by atoms with Crippen molar-refractivity contribution in [3.63, 3.8) is 0 Å². The molecule has 1 rings (SSSR count). The topological polar surface area (TPSA) is 24.1 Å². The number of hydrogen-bond acceptors (Lipinski definition) is 1. The fraction of sp³-hybridized carbons (Fsp3) is 0.417. The monoisotopic (exact) mass is 318 g/mol. The van der Waals surface area contributed by atoms with Gasteiger partial charge in [0, 0.05) is 10.5 Å². The van der Waals surface area contributed by atoms with Crippen molar-refractivity contribution in [1.82, 2.24) is 5.32 Å². The van der Waals surface area contributed by atoms with Gasteiger partial charge in [-0.2, -0.15) is 0 Å². The van der Waals surface area contributed by atoms with Gasteiger partial charge in [0.25, 0.3) is 0 Å². The number of nitrogens with one attached hydrogen (secondary N) is 2. The van der Waals surface area contributed by atoms with Gasteiger partial charge in [-0.3, -0.25) is 0 Å². The van der Waals surface area contributed by atoms with E-state index >= 15 is 0 Å². The number of anilines is 1. The van der Waals surface area contributed by atoms with Crippen molar-refractivity contribution in [2.24, 2.45) is 0 Å². The Morgan fingerprint density at radius 1 is 1.41 bits per heavy atom. The average molecular weight is 319 g/mol. The van der Waals surface area contributed by atoms with Crippen LogP contribution < -0.4 is 10.6 Å². The van der Waals surface area contributed by atoms with E-state index in [4.69, 9.17) is 12.2 Å². The van der Waals surface area contributed by atoms with Crippen LogP contribution in [0.1, 0.15) is 26.7 Å². The van der Waals surface area contributed by atoms with Crippen molar-refractivity contribution >= 4 is 38.9 Å². The third kappa shape index (κ3) is 4.60. The quantitative estimate of drug-likeness (QED) is 0.818. The number of benzene rings is 1. The SMILES string of the molecule is CCC(CC)NC(=S)Nc1ccc(Br)cc1F. The minimum atomic E-state index is -0.326. The third-order valence-corrected chi connectivity index (χ3v) is 3.21. The Balaban J connectivity index is 2.62. The molecular formula is C12H16BrFN2S. The zero-order valence-corrected chi connectivity index (χ0v) is 12.3. The summed E-state index contributed by atoms with van der Waals surface area (Å²) < 4.78 is 14.2. The van der Waals surface area contributed by atoms with Crippen molar-refractivity contribution < 1.29 is 4.39 Å². The molecule has 0 spiro atoms.